The fraction of sp³-hybridized carbons (Fsp3) is 0.143. The molecule has 0 bridgehead atoms. The number of imidazole rings is 1. The van der Waals surface area contributed by atoms with Crippen LogP contribution in [0, 0.1) is 5.82 Å². The Bertz CT molecular complexity index is 1040. The number of nitrogens with one attached hydrogen (secondary N) is 1. The van der Waals surface area contributed by atoms with Crippen LogP contribution in [0.1, 0.15) is 16.5 Å². The zero-order valence-electron chi connectivity index (χ0n) is 14.5. The summed E-state index contributed by atoms with van der Waals surface area (Å²) in [6, 6.07) is 17.7. The SMILES string of the molecule is O=C(Cc1cccs1)NC(Cn1cnc2ccccc21)c1ccc(F)cc1. The molecule has 1 amide bonds. The van der Waals surface area contributed by atoms with Gasteiger partial charge in [0.2, 0.25) is 5.91 Å². The van der Waals surface area contributed by atoms with Gasteiger partial charge in [0.25, 0.3) is 0 Å². The van der Waals surface area contributed by atoms with Gasteiger partial charge in [0.1, 0.15) is 5.82 Å². The minimum atomic E-state index is -0.296. The number of fused-ring (bicyclic) bond motifs is 1. The van der Waals surface area contributed by atoms with Gasteiger partial charge in [0.05, 0.1) is 29.8 Å². The molecular formula is C21H18FN3OS. The molecule has 0 aliphatic carbocycles. The number of amides is 1. The highest BCUT2D eigenvalue weighted by molar-refractivity contribution is 7.10. The molecule has 136 valence electrons. The highest BCUT2D eigenvalue weighted by Gasteiger charge is 2.17. The third-order valence-corrected chi connectivity index (χ3v) is 5.31. The molecule has 1 atom stereocenters. The van der Waals surface area contributed by atoms with Gasteiger partial charge in [0.15, 0.2) is 0 Å². The lowest BCUT2D eigenvalue weighted by atomic mass is 10.1. The molecule has 4 nitrogen and oxygen atoms in total. The van der Waals surface area contributed by atoms with Crippen molar-refractivity contribution in [2.75, 3.05) is 0 Å². The molecule has 2 aromatic carbocycles. The summed E-state index contributed by atoms with van der Waals surface area (Å²) < 4.78 is 15.4. The van der Waals surface area contributed by atoms with Gasteiger partial charge in [-0.25, -0.2) is 9.37 Å². The number of hydrogen-bond donors (Lipinski definition) is 1. The third kappa shape index (κ3) is 4.06. The average molecular weight is 379 g/mol. The number of carbonyl (C=O) groups is 1. The van der Waals surface area contributed by atoms with E-state index < -0.39 is 0 Å². The van der Waals surface area contributed by atoms with Crippen molar-refractivity contribution in [2.24, 2.45) is 0 Å². The molecule has 1 N–H and O–H groups in total. The van der Waals surface area contributed by atoms with Crippen molar-refractivity contribution >= 4 is 28.3 Å². The second kappa shape index (κ2) is 7.72. The monoisotopic (exact) mass is 379 g/mol. The maximum Gasteiger partial charge on any atom is 0.225 e. The summed E-state index contributed by atoms with van der Waals surface area (Å²) in [5, 5.41) is 5.05. The van der Waals surface area contributed by atoms with E-state index in [1.165, 1.54) is 12.1 Å². The van der Waals surface area contributed by atoms with Crippen LogP contribution in [0.3, 0.4) is 0 Å². The van der Waals surface area contributed by atoms with Gasteiger partial charge >= 0.3 is 0 Å². The van der Waals surface area contributed by atoms with Gasteiger partial charge in [0, 0.05) is 11.4 Å². The molecule has 0 aliphatic heterocycles. The average Bonchev–Trinajstić information content (AvgIpc) is 3.32. The Labute approximate surface area is 160 Å². The highest BCUT2D eigenvalue weighted by atomic mass is 32.1. The maximum absolute atomic E-state index is 13.3. The first-order valence-electron chi connectivity index (χ1n) is 8.66. The summed E-state index contributed by atoms with van der Waals surface area (Å²) in [5.74, 6) is -0.355. The number of rotatable bonds is 6. The number of aromatic nitrogens is 2. The first kappa shape index (κ1) is 17.4. The van der Waals surface area contributed by atoms with Crippen molar-refractivity contribution in [3.8, 4) is 0 Å². The Morgan fingerprint density at radius 1 is 1.11 bits per heavy atom. The van der Waals surface area contributed by atoms with E-state index in [1.54, 1.807) is 29.8 Å². The van der Waals surface area contributed by atoms with Crippen LogP contribution < -0.4 is 5.32 Å². The Balaban J connectivity index is 1.59. The number of thiophene rings is 1. The van der Waals surface area contributed by atoms with Crippen LogP contribution >= 0.6 is 11.3 Å². The molecule has 0 saturated carbocycles. The fourth-order valence-corrected chi connectivity index (χ4v) is 3.80. The van der Waals surface area contributed by atoms with E-state index >= 15 is 0 Å². The third-order valence-electron chi connectivity index (χ3n) is 4.43. The van der Waals surface area contributed by atoms with E-state index in [1.807, 2.05) is 46.3 Å². The molecule has 1 unspecified atom stereocenters. The molecule has 0 saturated heterocycles. The highest BCUT2D eigenvalue weighted by Crippen LogP contribution is 2.20. The van der Waals surface area contributed by atoms with E-state index in [0.29, 0.717) is 13.0 Å². The molecule has 6 heteroatoms. The summed E-state index contributed by atoms with van der Waals surface area (Å²) in [7, 11) is 0. The number of nitrogens with zero attached hydrogens (tertiary/aromatic N) is 2. The number of halogens is 1. The van der Waals surface area contributed by atoms with E-state index in [4.69, 9.17) is 0 Å². The number of hydrogen-bond acceptors (Lipinski definition) is 3. The summed E-state index contributed by atoms with van der Waals surface area (Å²) in [5.41, 5.74) is 2.76. The molecular weight excluding hydrogens is 361 g/mol. The molecule has 0 fully saturated rings. The van der Waals surface area contributed by atoms with Gasteiger partial charge in [-0.3, -0.25) is 4.79 Å². The van der Waals surface area contributed by atoms with Gasteiger partial charge in [-0.2, -0.15) is 0 Å². The normalized spacial score (nSPS) is 12.2. The first-order valence-corrected chi connectivity index (χ1v) is 9.54. The second-order valence-corrected chi connectivity index (χ2v) is 7.35. The molecule has 4 rings (SSSR count). The lowest BCUT2D eigenvalue weighted by molar-refractivity contribution is -0.121. The Kier molecular flexibility index (Phi) is 4.98. The number of para-hydroxylation sites is 2. The van der Waals surface area contributed by atoms with Crippen molar-refractivity contribution in [3.63, 3.8) is 0 Å². The van der Waals surface area contributed by atoms with E-state index in [0.717, 1.165) is 21.5 Å². The predicted octanol–water partition coefficient (Wildman–Crippen LogP) is 4.34. The minimum absolute atomic E-state index is 0.0591. The second-order valence-electron chi connectivity index (χ2n) is 6.31. The van der Waals surface area contributed by atoms with Crippen molar-refractivity contribution in [2.45, 2.75) is 19.0 Å². The summed E-state index contributed by atoms with van der Waals surface area (Å²) in [4.78, 5) is 18.0. The zero-order valence-corrected chi connectivity index (χ0v) is 15.3. The van der Waals surface area contributed by atoms with Crippen molar-refractivity contribution in [1.29, 1.82) is 0 Å². The van der Waals surface area contributed by atoms with Crippen LogP contribution in [0.15, 0.2) is 72.4 Å². The Morgan fingerprint density at radius 3 is 2.70 bits per heavy atom. The van der Waals surface area contributed by atoms with Gasteiger partial charge in [-0.1, -0.05) is 30.3 Å². The standard InChI is InChI=1S/C21H18FN3OS/c22-16-9-7-15(8-10-16)19(24-21(26)12-17-4-3-11-27-17)13-25-14-23-18-5-1-2-6-20(18)25/h1-11,14,19H,12-13H2,(H,24,26). The molecule has 4 aromatic rings. The van der Waals surface area contributed by atoms with Crippen molar-refractivity contribution < 1.29 is 9.18 Å². The topological polar surface area (TPSA) is 46.9 Å². The van der Waals surface area contributed by atoms with Crippen LogP contribution in [-0.2, 0) is 17.8 Å². The van der Waals surface area contributed by atoms with Crippen molar-refractivity contribution in [3.05, 3.63) is 88.6 Å². The smallest absolute Gasteiger partial charge is 0.225 e. The summed E-state index contributed by atoms with van der Waals surface area (Å²) >= 11 is 1.56. The molecule has 0 aliphatic rings. The quantitative estimate of drug-likeness (QED) is 0.542. The van der Waals surface area contributed by atoms with Gasteiger partial charge in [-0.15, -0.1) is 11.3 Å². The van der Waals surface area contributed by atoms with Gasteiger partial charge < -0.3 is 9.88 Å². The van der Waals surface area contributed by atoms with Crippen LogP contribution in [-0.4, -0.2) is 15.5 Å². The van der Waals surface area contributed by atoms with E-state index in [-0.39, 0.29) is 17.8 Å². The predicted molar refractivity (Wildman–Crippen MR) is 105 cm³/mol. The van der Waals surface area contributed by atoms with Crippen LogP contribution in [0.2, 0.25) is 0 Å². The first-order chi connectivity index (χ1) is 13.2. The van der Waals surface area contributed by atoms with Crippen molar-refractivity contribution in [1.82, 2.24) is 14.9 Å². The molecule has 27 heavy (non-hydrogen) atoms. The lowest BCUT2D eigenvalue weighted by Crippen LogP contribution is -2.32. The van der Waals surface area contributed by atoms with Crippen LogP contribution in [0.4, 0.5) is 4.39 Å². The van der Waals surface area contributed by atoms with Crippen LogP contribution in [0.5, 0.6) is 0 Å². The van der Waals surface area contributed by atoms with Crippen LogP contribution in [0.25, 0.3) is 11.0 Å². The maximum atomic E-state index is 13.3. The fourth-order valence-electron chi connectivity index (χ4n) is 3.10. The summed E-state index contributed by atoms with van der Waals surface area (Å²) in [6.07, 6.45) is 2.10. The number of carbonyl (C=O) groups excluding carboxylic acids is 1. The van der Waals surface area contributed by atoms with Gasteiger partial charge in [-0.05, 0) is 41.3 Å². The lowest BCUT2D eigenvalue weighted by Gasteiger charge is -2.20. The Morgan fingerprint density at radius 2 is 1.93 bits per heavy atom. The molecule has 0 radical (unpaired) electrons. The zero-order chi connectivity index (χ0) is 18.6. The Hall–Kier alpha value is -2.99. The minimum Gasteiger partial charge on any atom is -0.347 e. The van der Waals surface area contributed by atoms with E-state index in [9.17, 15) is 9.18 Å². The number of benzene rings is 2. The molecule has 0 spiro atoms. The summed E-state index contributed by atoms with van der Waals surface area (Å²) in [6.45, 7) is 0.516. The largest absolute Gasteiger partial charge is 0.347 e. The molecule has 2 heterocycles. The molecule has 2 aromatic heterocycles. The van der Waals surface area contributed by atoms with E-state index in [2.05, 4.69) is 10.3 Å².